The molecule has 1 atom stereocenters. The third-order valence-corrected chi connectivity index (χ3v) is 5.10. The average Bonchev–Trinajstić information content (AvgIpc) is 2.23. The molecule has 0 aromatic carbocycles. The van der Waals surface area contributed by atoms with E-state index in [2.05, 4.69) is 5.32 Å². The maximum atomic E-state index is 11.6. The van der Waals surface area contributed by atoms with Gasteiger partial charge < -0.3 is 10.2 Å². The molecule has 0 spiro atoms. The minimum atomic E-state index is -3.19. The molecule has 1 aliphatic rings. The SMILES string of the molecule is CC1C(=O)NCC(=O)N1CCS(=O)(=O)C(C)C. The Hall–Kier alpha value is -1.11. The van der Waals surface area contributed by atoms with Gasteiger partial charge in [0.15, 0.2) is 9.84 Å². The lowest BCUT2D eigenvalue weighted by Crippen LogP contribution is -2.58. The molecule has 0 aromatic rings. The molecule has 7 heteroatoms. The van der Waals surface area contributed by atoms with E-state index in [-0.39, 0.29) is 30.7 Å². The molecule has 1 fully saturated rings. The lowest BCUT2D eigenvalue weighted by atomic mass is 10.2. The first-order valence-electron chi connectivity index (χ1n) is 5.54. The van der Waals surface area contributed by atoms with Crippen molar-refractivity contribution in [3.05, 3.63) is 0 Å². The van der Waals surface area contributed by atoms with Crippen molar-refractivity contribution in [1.29, 1.82) is 0 Å². The van der Waals surface area contributed by atoms with E-state index in [4.69, 9.17) is 0 Å². The molecule has 2 amide bonds. The van der Waals surface area contributed by atoms with Crippen molar-refractivity contribution in [2.45, 2.75) is 32.1 Å². The number of carbonyl (C=O) groups is 2. The fraction of sp³-hybridized carbons (Fsp3) is 0.800. The number of hydrogen-bond acceptors (Lipinski definition) is 4. The van der Waals surface area contributed by atoms with Crippen LogP contribution in [0.4, 0.5) is 0 Å². The van der Waals surface area contributed by atoms with Gasteiger partial charge >= 0.3 is 0 Å². The van der Waals surface area contributed by atoms with Gasteiger partial charge in [-0.1, -0.05) is 0 Å². The van der Waals surface area contributed by atoms with Crippen LogP contribution < -0.4 is 5.32 Å². The number of nitrogens with zero attached hydrogens (tertiary/aromatic N) is 1. The van der Waals surface area contributed by atoms with Crippen LogP contribution in [0.5, 0.6) is 0 Å². The topological polar surface area (TPSA) is 83.6 Å². The first kappa shape index (κ1) is 14.0. The van der Waals surface area contributed by atoms with Crippen LogP contribution in [-0.2, 0) is 19.4 Å². The lowest BCUT2D eigenvalue weighted by Gasteiger charge is -2.32. The molecule has 0 bridgehead atoms. The van der Waals surface area contributed by atoms with Crippen LogP contribution in [0.25, 0.3) is 0 Å². The van der Waals surface area contributed by atoms with Gasteiger partial charge in [0.2, 0.25) is 11.8 Å². The molecular weight excluding hydrogens is 244 g/mol. The van der Waals surface area contributed by atoms with Crippen molar-refractivity contribution in [3.63, 3.8) is 0 Å². The van der Waals surface area contributed by atoms with Crippen molar-refractivity contribution in [2.24, 2.45) is 0 Å². The second-order valence-electron chi connectivity index (χ2n) is 4.40. The highest BCUT2D eigenvalue weighted by Crippen LogP contribution is 2.08. The Bertz CT molecular complexity index is 416. The van der Waals surface area contributed by atoms with Gasteiger partial charge in [-0.15, -0.1) is 0 Å². The molecule has 17 heavy (non-hydrogen) atoms. The fourth-order valence-electron chi connectivity index (χ4n) is 1.55. The molecule has 98 valence electrons. The van der Waals surface area contributed by atoms with E-state index in [1.54, 1.807) is 20.8 Å². The Morgan fingerprint density at radius 1 is 1.41 bits per heavy atom. The molecule has 1 N–H and O–H groups in total. The molecule has 1 saturated heterocycles. The van der Waals surface area contributed by atoms with Crippen molar-refractivity contribution in [3.8, 4) is 0 Å². The predicted molar refractivity (Wildman–Crippen MR) is 63.1 cm³/mol. The van der Waals surface area contributed by atoms with E-state index in [1.165, 1.54) is 4.90 Å². The standard InChI is InChI=1S/C10H18N2O4S/c1-7(2)17(15,16)5-4-12-8(3)10(14)11-6-9(12)13/h7-8H,4-6H2,1-3H3,(H,11,14). The zero-order valence-electron chi connectivity index (χ0n) is 10.3. The van der Waals surface area contributed by atoms with Crippen LogP contribution >= 0.6 is 0 Å². The minimum Gasteiger partial charge on any atom is -0.345 e. The van der Waals surface area contributed by atoms with Gasteiger partial charge in [-0.05, 0) is 20.8 Å². The van der Waals surface area contributed by atoms with Crippen molar-refractivity contribution >= 4 is 21.7 Å². The Morgan fingerprint density at radius 2 is 2.00 bits per heavy atom. The first-order chi connectivity index (χ1) is 7.75. The third-order valence-electron chi connectivity index (χ3n) is 2.92. The molecule has 1 aliphatic heterocycles. The summed E-state index contributed by atoms with van der Waals surface area (Å²) in [6.07, 6.45) is 0. The largest absolute Gasteiger partial charge is 0.345 e. The van der Waals surface area contributed by atoms with E-state index in [0.717, 1.165) is 0 Å². The maximum absolute atomic E-state index is 11.6. The van der Waals surface area contributed by atoms with E-state index >= 15 is 0 Å². The number of amides is 2. The van der Waals surface area contributed by atoms with Gasteiger partial charge in [0.25, 0.3) is 0 Å². The van der Waals surface area contributed by atoms with Gasteiger partial charge in [-0.3, -0.25) is 9.59 Å². The molecular formula is C10H18N2O4S. The van der Waals surface area contributed by atoms with Crippen molar-refractivity contribution in [1.82, 2.24) is 10.2 Å². The summed E-state index contributed by atoms with van der Waals surface area (Å²) in [4.78, 5) is 24.2. The molecule has 0 aromatic heterocycles. The van der Waals surface area contributed by atoms with Gasteiger partial charge in [-0.2, -0.15) is 0 Å². The second kappa shape index (κ2) is 5.03. The zero-order chi connectivity index (χ0) is 13.2. The predicted octanol–water partition coefficient (Wildman–Crippen LogP) is -0.843. The lowest BCUT2D eigenvalue weighted by molar-refractivity contribution is -0.144. The highest BCUT2D eigenvalue weighted by molar-refractivity contribution is 7.92. The highest BCUT2D eigenvalue weighted by Gasteiger charge is 2.31. The molecule has 0 radical (unpaired) electrons. The first-order valence-corrected chi connectivity index (χ1v) is 7.26. The average molecular weight is 262 g/mol. The second-order valence-corrected chi connectivity index (χ2v) is 7.07. The van der Waals surface area contributed by atoms with E-state index in [1.807, 2.05) is 0 Å². The maximum Gasteiger partial charge on any atom is 0.242 e. The van der Waals surface area contributed by atoms with Crippen LogP contribution in [-0.4, -0.2) is 55.3 Å². The van der Waals surface area contributed by atoms with Crippen LogP contribution in [0.3, 0.4) is 0 Å². The van der Waals surface area contributed by atoms with E-state index < -0.39 is 21.1 Å². The summed E-state index contributed by atoms with van der Waals surface area (Å²) in [6, 6.07) is -0.599. The quantitative estimate of drug-likeness (QED) is 0.716. The normalized spacial score (nSPS) is 21.9. The summed E-state index contributed by atoms with van der Waals surface area (Å²) in [6.45, 7) is 4.82. The summed E-state index contributed by atoms with van der Waals surface area (Å²) >= 11 is 0. The van der Waals surface area contributed by atoms with E-state index in [9.17, 15) is 18.0 Å². The van der Waals surface area contributed by atoms with Crippen molar-refractivity contribution < 1.29 is 18.0 Å². The van der Waals surface area contributed by atoms with Gasteiger partial charge in [0.05, 0.1) is 17.5 Å². The van der Waals surface area contributed by atoms with Crippen LogP contribution in [0.2, 0.25) is 0 Å². The molecule has 1 unspecified atom stereocenters. The van der Waals surface area contributed by atoms with E-state index in [0.29, 0.717) is 0 Å². The summed E-state index contributed by atoms with van der Waals surface area (Å²) in [5.41, 5.74) is 0. The molecule has 6 nitrogen and oxygen atoms in total. The Labute approximate surface area is 101 Å². The Balaban J connectivity index is 2.67. The van der Waals surface area contributed by atoms with Crippen LogP contribution in [0, 0.1) is 0 Å². The molecule has 1 heterocycles. The number of rotatable bonds is 4. The number of piperazine rings is 1. The summed E-state index contributed by atoms with van der Waals surface area (Å²) in [5.74, 6) is -0.587. The number of sulfone groups is 1. The van der Waals surface area contributed by atoms with Gasteiger partial charge in [-0.25, -0.2) is 8.42 Å². The zero-order valence-corrected chi connectivity index (χ0v) is 11.1. The molecule has 0 aliphatic carbocycles. The monoisotopic (exact) mass is 262 g/mol. The number of carbonyl (C=O) groups excluding carboxylic acids is 2. The molecule has 0 saturated carbocycles. The van der Waals surface area contributed by atoms with Gasteiger partial charge in [0.1, 0.15) is 6.04 Å². The van der Waals surface area contributed by atoms with Crippen LogP contribution in [0.15, 0.2) is 0 Å². The summed E-state index contributed by atoms with van der Waals surface area (Å²) < 4.78 is 23.3. The number of nitrogens with one attached hydrogen (secondary N) is 1. The Kier molecular flexibility index (Phi) is 4.13. The Morgan fingerprint density at radius 3 is 2.53 bits per heavy atom. The highest BCUT2D eigenvalue weighted by atomic mass is 32.2. The third kappa shape index (κ3) is 3.18. The van der Waals surface area contributed by atoms with Gasteiger partial charge in [0, 0.05) is 6.54 Å². The van der Waals surface area contributed by atoms with Crippen molar-refractivity contribution in [2.75, 3.05) is 18.8 Å². The van der Waals surface area contributed by atoms with Crippen LogP contribution in [0.1, 0.15) is 20.8 Å². The minimum absolute atomic E-state index is 0.0507. The summed E-state index contributed by atoms with van der Waals surface area (Å²) in [5, 5.41) is 1.99. The molecule has 1 rings (SSSR count). The number of hydrogen-bond donors (Lipinski definition) is 1. The fourth-order valence-corrected chi connectivity index (χ4v) is 2.47. The smallest absolute Gasteiger partial charge is 0.242 e. The summed E-state index contributed by atoms with van der Waals surface area (Å²) in [7, 11) is -3.19.